The molecule has 0 rings (SSSR count). The predicted octanol–water partition coefficient (Wildman–Crippen LogP) is -1.18. The topological polar surface area (TPSA) is 86.2 Å². The van der Waals surface area contributed by atoms with Gasteiger partial charge in [-0.3, -0.25) is 0 Å². The lowest BCUT2D eigenvalue weighted by Crippen LogP contribution is -2.57. The van der Waals surface area contributed by atoms with Crippen LogP contribution in [0, 0.1) is 0 Å². The van der Waals surface area contributed by atoms with E-state index in [0.717, 1.165) is 0 Å². The van der Waals surface area contributed by atoms with E-state index in [2.05, 4.69) is 0 Å². The van der Waals surface area contributed by atoms with E-state index >= 15 is 0 Å². The molecule has 0 spiro atoms. The lowest BCUT2D eigenvalue weighted by Gasteiger charge is -2.21. The highest BCUT2D eigenvalue weighted by molar-refractivity contribution is 5.90. The molecule has 0 saturated heterocycles. The molecule has 0 aliphatic heterocycles. The van der Waals surface area contributed by atoms with Crippen LogP contribution >= 0.6 is 0 Å². The lowest BCUT2D eigenvalue weighted by molar-refractivity contribution is -0.121. The predicted molar refractivity (Wildman–Crippen MR) is 37.3 cm³/mol. The Balaban J connectivity index is 4.30. The summed E-state index contributed by atoms with van der Waals surface area (Å²) in [5, 5.41) is 0. The van der Waals surface area contributed by atoms with Crippen LogP contribution in [0.3, 0.4) is 0 Å². The molecule has 4 heteroatoms. The smallest absolute Gasteiger partial charge is 0.148 e. The summed E-state index contributed by atoms with van der Waals surface area (Å²) in [7, 11) is 0. The van der Waals surface area contributed by atoms with Gasteiger partial charge in [0, 0.05) is 6.04 Å². The molecule has 0 aromatic carbocycles. The van der Waals surface area contributed by atoms with Crippen molar-refractivity contribution in [2.45, 2.75) is 24.9 Å². The molecule has 0 fully saturated rings. The molecule has 0 heterocycles. The number of carbonyl (C=O) groups excluding carboxylic acids is 2. The first kappa shape index (κ1) is 9.26. The Bertz CT molecular complexity index is 128. The molecule has 4 N–H and O–H groups in total. The zero-order valence-corrected chi connectivity index (χ0v) is 5.91. The van der Waals surface area contributed by atoms with E-state index in [0.29, 0.717) is 19.0 Å². The molecular formula is C6H12N2O2. The van der Waals surface area contributed by atoms with E-state index in [1.54, 1.807) is 6.92 Å². The summed E-state index contributed by atoms with van der Waals surface area (Å²) in [6.45, 7) is 1.76. The van der Waals surface area contributed by atoms with Crippen molar-refractivity contribution in [3.8, 4) is 0 Å². The molecule has 1 atom stereocenters. The highest BCUT2D eigenvalue weighted by Gasteiger charge is 2.30. The first-order valence-corrected chi connectivity index (χ1v) is 3.07. The van der Waals surface area contributed by atoms with Gasteiger partial charge in [-0.05, 0) is 6.42 Å². The number of nitrogens with two attached hydrogens (primary N) is 2. The van der Waals surface area contributed by atoms with E-state index < -0.39 is 11.6 Å². The second-order valence-corrected chi connectivity index (χ2v) is 2.25. The van der Waals surface area contributed by atoms with Crippen molar-refractivity contribution in [1.29, 1.82) is 0 Å². The van der Waals surface area contributed by atoms with Crippen LogP contribution in [-0.2, 0) is 9.59 Å². The fourth-order valence-electron chi connectivity index (χ4n) is 0.556. The summed E-state index contributed by atoms with van der Waals surface area (Å²) in [6.07, 6.45) is 1.27. The molecular weight excluding hydrogens is 132 g/mol. The third kappa shape index (κ3) is 1.62. The first-order valence-electron chi connectivity index (χ1n) is 3.07. The van der Waals surface area contributed by atoms with Gasteiger partial charge in [0.25, 0.3) is 0 Å². The second-order valence-electron chi connectivity index (χ2n) is 2.25. The van der Waals surface area contributed by atoms with Crippen LogP contribution in [-0.4, -0.2) is 24.2 Å². The van der Waals surface area contributed by atoms with E-state index in [-0.39, 0.29) is 0 Å². The third-order valence-corrected chi connectivity index (χ3v) is 1.49. The maximum Gasteiger partial charge on any atom is 0.148 e. The van der Waals surface area contributed by atoms with Crippen LogP contribution in [0.5, 0.6) is 0 Å². The third-order valence-electron chi connectivity index (χ3n) is 1.49. The summed E-state index contributed by atoms with van der Waals surface area (Å²) in [5.41, 5.74) is 9.18. The van der Waals surface area contributed by atoms with Gasteiger partial charge in [-0.15, -0.1) is 0 Å². The number of carbonyl (C=O) groups is 2. The van der Waals surface area contributed by atoms with Crippen LogP contribution in [0.1, 0.15) is 13.3 Å². The Labute approximate surface area is 59.6 Å². The standard InChI is InChI=1S/C6H12N2O2/c1-2-5(7)6(8,3-9)4-10/h3-5H,2,7-8H2,1H3. The molecule has 4 nitrogen and oxygen atoms in total. The SMILES string of the molecule is CCC(N)C(N)(C=O)C=O. The Morgan fingerprint density at radius 2 is 1.90 bits per heavy atom. The zero-order valence-electron chi connectivity index (χ0n) is 5.91. The average Bonchev–Trinajstić information content (AvgIpc) is 2.01. The van der Waals surface area contributed by atoms with Gasteiger partial charge in [0.15, 0.2) is 0 Å². The fraction of sp³-hybridized carbons (Fsp3) is 0.667. The minimum Gasteiger partial charge on any atom is -0.325 e. The van der Waals surface area contributed by atoms with Gasteiger partial charge >= 0.3 is 0 Å². The maximum atomic E-state index is 10.2. The largest absolute Gasteiger partial charge is 0.325 e. The van der Waals surface area contributed by atoms with Crippen LogP contribution in [0.2, 0.25) is 0 Å². The molecule has 0 saturated carbocycles. The molecule has 58 valence electrons. The number of rotatable bonds is 4. The molecule has 10 heavy (non-hydrogen) atoms. The van der Waals surface area contributed by atoms with Crippen LogP contribution < -0.4 is 11.5 Å². The fourth-order valence-corrected chi connectivity index (χ4v) is 0.556. The number of aldehydes is 2. The average molecular weight is 144 g/mol. The van der Waals surface area contributed by atoms with Gasteiger partial charge in [0.05, 0.1) is 0 Å². The quantitative estimate of drug-likeness (QED) is 0.384. The van der Waals surface area contributed by atoms with E-state index in [1.807, 2.05) is 0 Å². The molecule has 0 radical (unpaired) electrons. The van der Waals surface area contributed by atoms with Crippen molar-refractivity contribution in [2.24, 2.45) is 11.5 Å². The normalized spacial score (nSPS) is 14.3. The number of hydrogen-bond acceptors (Lipinski definition) is 4. The van der Waals surface area contributed by atoms with Gasteiger partial charge in [-0.25, -0.2) is 0 Å². The first-order chi connectivity index (χ1) is 4.60. The molecule has 1 unspecified atom stereocenters. The lowest BCUT2D eigenvalue weighted by atomic mass is 9.93. The highest BCUT2D eigenvalue weighted by Crippen LogP contribution is 2.00. The van der Waals surface area contributed by atoms with Gasteiger partial charge in [-0.1, -0.05) is 6.92 Å². The van der Waals surface area contributed by atoms with Crippen molar-refractivity contribution in [2.75, 3.05) is 0 Å². The summed E-state index contributed by atoms with van der Waals surface area (Å²) in [6, 6.07) is -0.581. The molecule has 0 bridgehead atoms. The Kier molecular flexibility index (Phi) is 3.18. The maximum absolute atomic E-state index is 10.2. The monoisotopic (exact) mass is 144 g/mol. The van der Waals surface area contributed by atoms with Crippen LogP contribution in [0.4, 0.5) is 0 Å². The Morgan fingerprint density at radius 3 is 2.00 bits per heavy atom. The van der Waals surface area contributed by atoms with Gasteiger partial charge in [-0.2, -0.15) is 0 Å². The van der Waals surface area contributed by atoms with Crippen molar-refractivity contribution in [3.05, 3.63) is 0 Å². The molecule has 0 aliphatic rings. The molecule has 0 aromatic heterocycles. The summed E-state index contributed by atoms with van der Waals surface area (Å²) in [5.74, 6) is 0. The number of hydrogen-bond donors (Lipinski definition) is 2. The second kappa shape index (κ2) is 3.43. The van der Waals surface area contributed by atoms with Gasteiger partial charge < -0.3 is 21.1 Å². The Morgan fingerprint density at radius 1 is 1.50 bits per heavy atom. The molecule has 0 aliphatic carbocycles. The van der Waals surface area contributed by atoms with Crippen molar-refractivity contribution >= 4 is 12.6 Å². The van der Waals surface area contributed by atoms with Gasteiger partial charge in [0.2, 0.25) is 0 Å². The van der Waals surface area contributed by atoms with Gasteiger partial charge in [0.1, 0.15) is 18.1 Å². The van der Waals surface area contributed by atoms with E-state index in [4.69, 9.17) is 11.5 Å². The zero-order chi connectivity index (χ0) is 8.20. The van der Waals surface area contributed by atoms with E-state index in [9.17, 15) is 9.59 Å². The molecule has 0 amide bonds. The highest BCUT2D eigenvalue weighted by atomic mass is 16.1. The van der Waals surface area contributed by atoms with Crippen molar-refractivity contribution in [1.82, 2.24) is 0 Å². The van der Waals surface area contributed by atoms with Crippen LogP contribution in [0.25, 0.3) is 0 Å². The summed E-state index contributed by atoms with van der Waals surface area (Å²) >= 11 is 0. The minimum atomic E-state index is -1.49. The Hall–Kier alpha value is -0.740. The van der Waals surface area contributed by atoms with Crippen molar-refractivity contribution < 1.29 is 9.59 Å². The summed E-state index contributed by atoms with van der Waals surface area (Å²) in [4.78, 5) is 20.4. The summed E-state index contributed by atoms with van der Waals surface area (Å²) < 4.78 is 0. The minimum absolute atomic E-state index is 0.383. The van der Waals surface area contributed by atoms with Crippen LogP contribution in [0.15, 0.2) is 0 Å². The van der Waals surface area contributed by atoms with E-state index in [1.165, 1.54) is 0 Å². The molecule has 0 aromatic rings. The van der Waals surface area contributed by atoms with Crippen molar-refractivity contribution in [3.63, 3.8) is 0 Å².